The van der Waals surface area contributed by atoms with E-state index in [0.717, 1.165) is 99.4 Å². The van der Waals surface area contributed by atoms with Crippen LogP contribution >= 0.6 is 0 Å². The molecule has 0 radical (unpaired) electrons. The molecule has 304 valence electrons. The van der Waals surface area contributed by atoms with Gasteiger partial charge in [0.05, 0.1) is 33.1 Å². The van der Waals surface area contributed by atoms with Gasteiger partial charge in [-0.1, -0.05) is 134 Å². The van der Waals surface area contributed by atoms with Crippen LogP contribution in [-0.2, 0) is 0 Å². The Labute approximate surface area is 374 Å². The molecule has 0 unspecified atom stereocenters. The van der Waals surface area contributed by atoms with Gasteiger partial charge in [-0.15, -0.1) is 0 Å². The van der Waals surface area contributed by atoms with Crippen molar-refractivity contribution in [3.8, 4) is 39.1 Å². The number of pyridine rings is 1. The van der Waals surface area contributed by atoms with Gasteiger partial charge in [0, 0.05) is 54.5 Å². The molecule has 0 aliphatic carbocycles. The van der Waals surface area contributed by atoms with Crippen LogP contribution in [0.3, 0.4) is 0 Å². The fourth-order valence-corrected chi connectivity index (χ4v) is 10.6. The summed E-state index contributed by atoms with van der Waals surface area (Å²) in [7, 11) is 0. The summed E-state index contributed by atoms with van der Waals surface area (Å²) in [6, 6.07) is 69.3. The lowest BCUT2D eigenvalue weighted by Crippen LogP contribution is -2.13. The largest absolute Gasteiger partial charge is 0.309 e. The molecule has 13 aromatic rings. The van der Waals surface area contributed by atoms with E-state index in [4.69, 9.17) is 0 Å². The second-order valence-electron chi connectivity index (χ2n) is 17.0. The third-order valence-corrected chi connectivity index (χ3v) is 13.5. The Bertz CT molecular complexity index is 4240. The molecule has 9 aromatic carbocycles. The minimum absolute atomic E-state index is 0.00490. The van der Waals surface area contributed by atoms with Gasteiger partial charge in [0.15, 0.2) is 0 Å². The molecule has 13 rings (SSSR count). The highest BCUT2D eigenvalue weighted by Crippen LogP contribution is 2.41. The Kier molecular flexibility index (Phi) is 8.03. The molecule has 0 fully saturated rings. The molecular formula is C61H39N3O. The number of aromatic nitrogens is 3. The van der Waals surface area contributed by atoms with Crippen molar-refractivity contribution in [2.45, 2.75) is 0 Å². The van der Waals surface area contributed by atoms with Crippen molar-refractivity contribution in [1.29, 1.82) is 0 Å². The summed E-state index contributed by atoms with van der Waals surface area (Å²) in [6.07, 6.45) is 5.70. The standard InChI is InChI=1S/C61H39N3O/c1-3-15-44(4-2)62-55-23-11-8-20-46(55)51-34-41(27-30-58(51)62)42-28-31-59-52(35-42)47-21-9-12-24-56(47)63(59)45-19-14-18-39(32-45)40-26-29-49-50(33-40)54-37-43(38-16-6-5-7-17-38)36-53-48-22-10-13-25-57(48)64(60(53)54)61(49)65/h3-37H,1-2H2/b44-15+. The van der Waals surface area contributed by atoms with Crippen molar-refractivity contribution < 1.29 is 0 Å². The quantitative estimate of drug-likeness (QED) is 0.116. The van der Waals surface area contributed by atoms with Crippen LogP contribution in [0.4, 0.5) is 0 Å². The zero-order valence-corrected chi connectivity index (χ0v) is 35.4. The van der Waals surface area contributed by atoms with E-state index in [0.29, 0.717) is 5.39 Å². The molecule has 0 aliphatic rings. The molecule has 4 aromatic heterocycles. The van der Waals surface area contributed by atoms with Crippen LogP contribution in [0.15, 0.2) is 230 Å². The average Bonchev–Trinajstić information content (AvgIpc) is 4.00. The minimum atomic E-state index is 0.00490. The van der Waals surface area contributed by atoms with Crippen LogP contribution in [0.2, 0.25) is 0 Å². The molecule has 4 heterocycles. The number of hydrogen-bond acceptors (Lipinski definition) is 1. The molecule has 4 heteroatoms. The summed E-state index contributed by atoms with van der Waals surface area (Å²) in [6.45, 7) is 8.06. The molecule has 0 amide bonds. The SMILES string of the molecule is C=C/C=C(\C=C)n1c2ccccc2c2cc(-c3ccc4c(c3)c3ccccc3n4-c3cccc(-c4ccc5c(=O)n6c7ccccc7c7cc(-c8ccccc8)cc(c5c4)c76)c3)ccc21. The Balaban J connectivity index is 0.963. The summed E-state index contributed by atoms with van der Waals surface area (Å²) in [5.74, 6) is 0. The van der Waals surface area contributed by atoms with E-state index in [1.165, 1.54) is 21.5 Å². The normalized spacial score (nSPS) is 12.3. The first-order valence-electron chi connectivity index (χ1n) is 22.0. The van der Waals surface area contributed by atoms with Crippen molar-refractivity contribution in [1.82, 2.24) is 13.5 Å². The Morgan fingerprint density at radius 1 is 0.385 bits per heavy atom. The highest BCUT2D eigenvalue weighted by atomic mass is 16.1. The smallest absolute Gasteiger partial charge is 0.263 e. The van der Waals surface area contributed by atoms with Crippen molar-refractivity contribution in [2.75, 3.05) is 0 Å². The molecule has 0 N–H and O–H groups in total. The van der Waals surface area contributed by atoms with Crippen LogP contribution < -0.4 is 5.56 Å². The van der Waals surface area contributed by atoms with Gasteiger partial charge in [0.25, 0.3) is 5.56 Å². The van der Waals surface area contributed by atoms with E-state index in [2.05, 4.69) is 198 Å². The van der Waals surface area contributed by atoms with Gasteiger partial charge in [0.1, 0.15) is 0 Å². The van der Waals surface area contributed by atoms with Crippen molar-refractivity contribution >= 4 is 87.3 Å². The van der Waals surface area contributed by atoms with Gasteiger partial charge in [-0.25, -0.2) is 0 Å². The van der Waals surface area contributed by atoms with Gasteiger partial charge in [0.2, 0.25) is 0 Å². The lowest BCUT2D eigenvalue weighted by atomic mass is 9.95. The average molecular weight is 830 g/mol. The lowest BCUT2D eigenvalue weighted by Gasteiger charge is -2.13. The highest BCUT2D eigenvalue weighted by molar-refractivity contribution is 6.22. The third-order valence-electron chi connectivity index (χ3n) is 13.5. The first-order valence-corrected chi connectivity index (χ1v) is 22.0. The first kappa shape index (κ1) is 36.9. The molecule has 65 heavy (non-hydrogen) atoms. The summed E-state index contributed by atoms with van der Waals surface area (Å²) >= 11 is 0. The summed E-state index contributed by atoms with van der Waals surface area (Å²) in [5, 5.41) is 9.68. The Morgan fingerprint density at radius 3 is 1.62 bits per heavy atom. The molecule has 0 saturated carbocycles. The van der Waals surface area contributed by atoms with E-state index < -0.39 is 0 Å². The number of hydrogen-bond donors (Lipinski definition) is 0. The van der Waals surface area contributed by atoms with Gasteiger partial charge in [-0.2, -0.15) is 0 Å². The van der Waals surface area contributed by atoms with E-state index in [1.54, 1.807) is 0 Å². The molecule has 0 atom stereocenters. The monoisotopic (exact) mass is 829 g/mol. The fraction of sp³-hybridized carbons (Fsp3) is 0. The Morgan fingerprint density at radius 2 is 0.892 bits per heavy atom. The maximum atomic E-state index is 14.5. The van der Waals surface area contributed by atoms with Crippen molar-refractivity contribution in [2.24, 2.45) is 0 Å². The second-order valence-corrected chi connectivity index (χ2v) is 17.0. The zero-order valence-electron chi connectivity index (χ0n) is 35.4. The molecule has 0 saturated heterocycles. The summed E-state index contributed by atoms with van der Waals surface area (Å²) in [4.78, 5) is 14.5. The van der Waals surface area contributed by atoms with Crippen LogP contribution in [0.25, 0.3) is 126 Å². The summed E-state index contributed by atoms with van der Waals surface area (Å²) in [5.41, 5.74) is 15.2. The van der Waals surface area contributed by atoms with E-state index in [-0.39, 0.29) is 5.56 Å². The highest BCUT2D eigenvalue weighted by Gasteiger charge is 2.20. The number of para-hydroxylation sites is 3. The number of rotatable bonds is 7. The van der Waals surface area contributed by atoms with Crippen molar-refractivity contribution in [3.63, 3.8) is 0 Å². The zero-order chi connectivity index (χ0) is 43.3. The maximum Gasteiger partial charge on any atom is 0.263 e. The van der Waals surface area contributed by atoms with Gasteiger partial charge in [-0.3, -0.25) is 9.20 Å². The minimum Gasteiger partial charge on any atom is -0.309 e. The van der Waals surface area contributed by atoms with Gasteiger partial charge >= 0.3 is 0 Å². The third kappa shape index (κ3) is 5.41. The van der Waals surface area contributed by atoms with Gasteiger partial charge in [-0.05, 0) is 130 Å². The molecule has 0 aliphatic heterocycles. The second kappa shape index (κ2) is 14.1. The van der Waals surface area contributed by atoms with E-state index in [1.807, 2.05) is 40.8 Å². The number of nitrogens with zero attached hydrogens (tertiary/aromatic N) is 3. The molecule has 0 spiro atoms. The fourth-order valence-electron chi connectivity index (χ4n) is 10.6. The predicted octanol–water partition coefficient (Wildman–Crippen LogP) is 15.6. The van der Waals surface area contributed by atoms with E-state index in [9.17, 15) is 4.79 Å². The molecular weight excluding hydrogens is 791 g/mol. The van der Waals surface area contributed by atoms with Crippen LogP contribution in [-0.4, -0.2) is 13.5 Å². The lowest BCUT2D eigenvalue weighted by molar-refractivity contribution is 1.18. The molecule has 4 nitrogen and oxygen atoms in total. The van der Waals surface area contributed by atoms with Crippen LogP contribution in [0.5, 0.6) is 0 Å². The van der Waals surface area contributed by atoms with Crippen molar-refractivity contribution in [3.05, 3.63) is 236 Å². The molecule has 0 bridgehead atoms. The van der Waals surface area contributed by atoms with Crippen LogP contribution in [0, 0.1) is 0 Å². The Hall–Kier alpha value is -8.73. The summed E-state index contributed by atoms with van der Waals surface area (Å²) < 4.78 is 6.56. The first-order chi connectivity index (χ1) is 32.1. The predicted molar refractivity (Wildman–Crippen MR) is 276 cm³/mol. The van der Waals surface area contributed by atoms with Gasteiger partial charge < -0.3 is 9.13 Å². The number of benzene rings is 9. The van der Waals surface area contributed by atoms with Crippen LogP contribution in [0.1, 0.15) is 0 Å². The topological polar surface area (TPSA) is 31.3 Å². The maximum absolute atomic E-state index is 14.5. The number of fused-ring (bicyclic) bond motifs is 11. The van der Waals surface area contributed by atoms with E-state index >= 15 is 0 Å². The number of allylic oxidation sites excluding steroid dienone is 4.